The van der Waals surface area contributed by atoms with Gasteiger partial charge in [-0.15, -0.1) is 0 Å². The van der Waals surface area contributed by atoms with E-state index < -0.39 is 5.54 Å². The third-order valence-corrected chi connectivity index (χ3v) is 2.99. The zero-order chi connectivity index (χ0) is 13.6. The zero-order valence-electron chi connectivity index (χ0n) is 10.6. The number of aliphatic hydroxyl groups is 2. The normalized spacial score (nSPS) is 11.1. The standard InChI is InChI=1S/C13H19NO4/c1-3-13(8-15,9-16)14-12(17)10-5-4-6-11(7-10)18-2/h4-7,15-16H,3,8-9H2,1-2H3,(H,14,17). The number of benzene rings is 1. The molecule has 18 heavy (non-hydrogen) atoms. The van der Waals surface area contributed by atoms with E-state index in [0.29, 0.717) is 17.7 Å². The van der Waals surface area contributed by atoms with Gasteiger partial charge in [-0.25, -0.2) is 0 Å². The number of amides is 1. The van der Waals surface area contributed by atoms with Gasteiger partial charge in [-0.2, -0.15) is 0 Å². The second kappa shape index (κ2) is 6.37. The molecular formula is C13H19NO4. The summed E-state index contributed by atoms with van der Waals surface area (Å²) >= 11 is 0. The number of carbonyl (C=O) groups excluding carboxylic acids is 1. The molecule has 0 fully saturated rings. The van der Waals surface area contributed by atoms with Crippen molar-refractivity contribution in [3.8, 4) is 5.75 Å². The first kappa shape index (κ1) is 14.5. The number of hydrogen-bond donors (Lipinski definition) is 3. The number of nitrogens with one attached hydrogen (secondary N) is 1. The summed E-state index contributed by atoms with van der Waals surface area (Å²) in [5.41, 5.74) is -0.561. The smallest absolute Gasteiger partial charge is 0.252 e. The fourth-order valence-electron chi connectivity index (χ4n) is 1.52. The van der Waals surface area contributed by atoms with Crippen molar-refractivity contribution in [2.45, 2.75) is 18.9 Å². The van der Waals surface area contributed by atoms with E-state index in [1.54, 1.807) is 31.2 Å². The molecule has 5 nitrogen and oxygen atoms in total. The molecule has 1 aromatic carbocycles. The Bertz CT molecular complexity index is 393. The summed E-state index contributed by atoms with van der Waals surface area (Å²) in [5, 5.41) is 21.2. The lowest BCUT2D eigenvalue weighted by atomic mass is 9.98. The molecule has 5 heteroatoms. The van der Waals surface area contributed by atoms with Gasteiger partial charge in [0.15, 0.2) is 0 Å². The van der Waals surface area contributed by atoms with E-state index >= 15 is 0 Å². The molecule has 0 saturated carbocycles. The van der Waals surface area contributed by atoms with Gasteiger partial charge in [-0.1, -0.05) is 13.0 Å². The molecule has 0 aliphatic carbocycles. The molecule has 0 radical (unpaired) electrons. The van der Waals surface area contributed by atoms with Crippen LogP contribution in [0.25, 0.3) is 0 Å². The van der Waals surface area contributed by atoms with Gasteiger partial charge in [0, 0.05) is 5.56 Å². The average Bonchev–Trinajstić information content (AvgIpc) is 2.44. The fraction of sp³-hybridized carbons (Fsp3) is 0.462. The Morgan fingerprint density at radius 2 is 2.06 bits per heavy atom. The maximum Gasteiger partial charge on any atom is 0.252 e. The highest BCUT2D eigenvalue weighted by Gasteiger charge is 2.28. The summed E-state index contributed by atoms with van der Waals surface area (Å²) in [6.45, 7) is 1.17. The van der Waals surface area contributed by atoms with Crippen LogP contribution in [-0.2, 0) is 0 Å². The zero-order valence-corrected chi connectivity index (χ0v) is 10.6. The van der Waals surface area contributed by atoms with Crippen molar-refractivity contribution in [1.29, 1.82) is 0 Å². The third kappa shape index (κ3) is 3.21. The van der Waals surface area contributed by atoms with E-state index in [4.69, 9.17) is 4.74 Å². The van der Waals surface area contributed by atoms with Crippen molar-refractivity contribution < 1.29 is 19.7 Å². The molecule has 1 amide bonds. The number of rotatable bonds is 6. The molecule has 0 aromatic heterocycles. The van der Waals surface area contributed by atoms with Crippen LogP contribution in [0.2, 0.25) is 0 Å². The maximum absolute atomic E-state index is 12.0. The predicted molar refractivity (Wildman–Crippen MR) is 67.7 cm³/mol. The highest BCUT2D eigenvalue weighted by molar-refractivity contribution is 5.95. The SMILES string of the molecule is CCC(CO)(CO)NC(=O)c1cccc(OC)c1. The van der Waals surface area contributed by atoms with Gasteiger partial charge < -0.3 is 20.3 Å². The predicted octanol–water partition coefficient (Wildman–Crippen LogP) is 0.558. The molecule has 0 heterocycles. The molecule has 1 aromatic rings. The maximum atomic E-state index is 12.0. The van der Waals surface area contributed by atoms with Crippen molar-refractivity contribution in [2.75, 3.05) is 20.3 Å². The minimum atomic E-state index is -0.986. The van der Waals surface area contributed by atoms with Crippen LogP contribution in [0.3, 0.4) is 0 Å². The summed E-state index contributed by atoms with van der Waals surface area (Å²) in [5.74, 6) is 0.233. The second-order valence-electron chi connectivity index (χ2n) is 4.14. The second-order valence-corrected chi connectivity index (χ2v) is 4.14. The largest absolute Gasteiger partial charge is 0.497 e. The monoisotopic (exact) mass is 253 g/mol. The molecule has 100 valence electrons. The van der Waals surface area contributed by atoms with Crippen LogP contribution in [-0.4, -0.2) is 42.0 Å². The number of carbonyl (C=O) groups is 1. The van der Waals surface area contributed by atoms with Crippen LogP contribution in [0.5, 0.6) is 5.75 Å². The molecule has 1 rings (SSSR count). The van der Waals surface area contributed by atoms with E-state index in [0.717, 1.165) is 0 Å². The summed E-state index contributed by atoms with van der Waals surface area (Å²) in [6.07, 6.45) is 0.440. The molecule has 0 atom stereocenters. The van der Waals surface area contributed by atoms with E-state index in [1.807, 2.05) is 0 Å². The van der Waals surface area contributed by atoms with E-state index in [-0.39, 0.29) is 19.1 Å². The van der Waals surface area contributed by atoms with Gasteiger partial charge in [-0.3, -0.25) is 4.79 Å². The van der Waals surface area contributed by atoms with E-state index in [2.05, 4.69) is 5.32 Å². The molecule has 0 unspecified atom stereocenters. The highest BCUT2D eigenvalue weighted by Crippen LogP contribution is 2.15. The lowest BCUT2D eigenvalue weighted by Crippen LogP contribution is -2.53. The Morgan fingerprint density at radius 1 is 1.39 bits per heavy atom. The first-order chi connectivity index (χ1) is 8.60. The van der Waals surface area contributed by atoms with Crippen LogP contribution in [0, 0.1) is 0 Å². The summed E-state index contributed by atoms with van der Waals surface area (Å²) in [4.78, 5) is 12.0. The first-order valence-electron chi connectivity index (χ1n) is 5.79. The Labute approximate surface area is 106 Å². The number of hydrogen-bond acceptors (Lipinski definition) is 4. The van der Waals surface area contributed by atoms with Crippen molar-refractivity contribution in [1.82, 2.24) is 5.32 Å². The Morgan fingerprint density at radius 3 is 2.56 bits per heavy atom. The van der Waals surface area contributed by atoms with Gasteiger partial charge in [0.2, 0.25) is 0 Å². The van der Waals surface area contributed by atoms with Gasteiger partial charge in [0.25, 0.3) is 5.91 Å². The van der Waals surface area contributed by atoms with Gasteiger partial charge in [0.05, 0.1) is 25.9 Å². The average molecular weight is 253 g/mol. The minimum Gasteiger partial charge on any atom is -0.497 e. The highest BCUT2D eigenvalue weighted by atomic mass is 16.5. The molecule has 3 N–H and O–H groups in total. The number of methoxy groups -OCH3 is 1. The van der Waals surface area contributed by atoms with Gasteiger partial charge in [0.1, 0.15) is 5.75 Å². The van der Waals surface area contributed by atoms with Crippen molar-refractivity contribution >= 4 is 5.91 Å². The lowest BCUT2D eigenvalue weighted by Gasteiger charge is -2.29. The molecule has 0 aliphatic heterocycles. The third-order valence-electron chi connectivity index (χ3n) is 2.99. The van der Waals surface area contributed by atoms with Gasteiger partial charge >= 0.3 is 0 Å². The minimum absolute atomic E-state index is 0.310. The van der Waals surface area contributed by atoms with Crippen LogP contribution >= 0.6 is 0 Å². The molecule has 0 spiro atoms. The summed E-state index contributed by atoms with van der Waals surface area (Å²) in [6, 6.07) is 6.69. The molecular weight excluding hydrogens is 234 g/mol. The van der Waals surface area contributed by atoms with Gasteiger partial charge in [-0.05, 0) is 24.6 Å². The quantitative estimate of drug-likeness (QED) is 0.692. The fourth-order valence-corrected chi connectivity index (χ4v) is 1.52. The van der Waals surface area contributed by atoms with Crippen molar-refractivity contribution in [2.24, 2.45) is 0 Å². The summed E-state index contributed by atoms with van der Waals surface area (Å²) < 4.78 is 5.04. The van der Waals surface area contributed by atoms with Crippen LogP contribution in [0.1, 0.15) is 23.7 Å². The van der Waals surface area contributed by atoms with Crippen molar-refractivity contribution in [3.05, 3.63) is 29.8 Å². The lowest BCUT2D eigenvalue weighted by molar-refractivity contribution is 0.0652. The van der Waals surface area contributed by atoms with Crippen molar-refractivity contribution in [3.63, 3.8) is 0 Å². The molecule has 0 aliphatic rings. The summed E-state index contributed by atoms with van der Waals surface area (Å²) in [7, 11) is 1.52. The first-order valence-corrected chi connectivity index (χ1v) is 5.79. The van der Waals surface area contributed by atoms with E-state index in [1.165, 1.54) is 7.11 Å². The molecule has 0 bridgehead atoms. The van der Waals surface area contributed by atoms with E-state index in [9.17, 15) is 15.0 Å². The number of aliphatic hydroxyl groups excluding tert-OH is 2. The molecule has 0 saturated heterocycles. The topological polar surface area (TPSA) is 78.8 Å². The van der Waals surface area contributed by atoms with Crippen LogP contribution in [0.15, 0.2) is 24.3 Å². The Balaban J connectivity index is 2.86. The van der Waals surface area contributed by atoms with Crippen LogP contribution < -0.4 is 10.1 Å². The Kier molecular flexibility index (Phi) is 5.12. The Hall–Kier alpha value is -1.59. The van der Waals surface area contributed by atoms with Crippen LogP contribution in [0.4, 0.5) is 0 Å². The number of ether oxygens (including phenoxy) is 1.